The summed E-state index contributed by atoms with van der Waals surface area (Å²) in [6, 6.07) is 10.3. The standard InChI is InChI=1S/C13H17IO2/c1-11(15)16-13(9-10-14)8-7-12-5-3-2-4-6-12/h2-6,13H,7-10H2,1H3. The fourth-order valence-electron chi connectivity index (χ4n) is 1.59. The lowest BCUT2D eigenvalue weighted by molar-refractivity contribution is -0.146. The number of hydrogen-bond acceptors (Lipinski definition) is 2. The molecule has 0 heterocycles. The Labute approximate surface area is 111 Å². The molecule has 2 nitrogen and oxygen atoms in total. The van der Waals surface area contributed by atoms with Crippen molar-refractivity contribution in [2.75, 3.05) is 4.43 Å². The van der Waals surface area contributed by atoms with E-state index in [-0.39, 0.29) is 12.1 Å². The molecule has 1 unspecified atom stereocenters. The molecular weight excluding hydrogens is 315 g/mol. The molecule has 0 spiro atoms. The van der Waals surface area contributed by atoms with Gasteiger partial charge in [0, 0.05) is 11.4 Å². The van der Waals surface area contributed by atoms with E-state index in [1.807, 2.05) is 18.2 Å². The van der Waals surface area contributed by atoms with Gasteiger partial charge in [-0.3, -0.25) is 4.79 Å². The minimum Gasteiger partial charge on any atom is -0.463 e. The van der Waals surface area contributed by atoms with Gasteiger partial charge in [0.15, 0.2) is 0 Å². The minimum absolute atomic E-state index is 0.0645. The third-order valence-electron chi connectivity index (χ3n) is 2.36. The molecule has 0 saturated carbocycles. The molecule has 0 aliphatic rings. The Hall–Kier alpha value is -0.580. The van der Waals surface area contributed by atoms with Crippen molar-refractivity contribution in [1.29, 1.82) is 0 Å². The molecule has 1 aromatic carbocycles. The Morgan fingerprint density at radius 2 is 2.00 bits per heavy atom. The number of halogens is 1. The van der Waals surface area contributed by atoms with Crippen LogP contribution in [0.4, 0.5) is 0 Å². The predicted octanol–water partition coefficient (Wildman–Crippen LogP) is 3.38. The van der Waals surface area contributed by atoms with Gasteiger partial charge >= 0.3 is 5.97 Å². The number of carbonyl (C=O) groups excluding carboxylic acids is 1. The highest BCUT2D eigenvalue weighted by molar-refractivity contribution is 14.1. The lowest BCUT2D eigenvalue weighted by Crippen LogP contribution is -2.17. The highest BCUT2D eigenvalue weighted by Crippen LogP contribution is 2.11. The van der Waals surface area contributed by atoms with E-state index in [2.05, 4.69) is 34.7 Å². The minimum atomic E-state index is -0.178. The van der Waals surface area contributed by atoms with Gasteiger partial charge in [0.1, 0.15) is 6.10 Å². The highest BCUT2D eigenvalue weighted by atomic mass is 127. The van der Waals surface area contributed by atoms with Crippen LogP contribution in [-0.4, -0.2) is 16.5 Å². The summed E-state index contributed by atoms with van der Waals surface area (Å²) >= 11 is 2.31. The van der Waals surface area contributed by atoms with Gasteiger partial charge in [-0.05, 0) is 24.8 Å². The van der Waals surface area contributed by atoms with Crippen molar-refractivity contribution in [3.63, 3.8) is 0 Å². The van der Waals surface area contributed by atoms with E-state index in [0.717, 1.165) is 23.7 Å². The molecule has 0 radical (unpaired) electrons. The van der Waals surface area contributed by atoms with Crippen molar-refractivity contribution in [2.24, 2.45) is 0 Å². The average Bonchev–Trinajstić information content (AvgIpc) is 2.27. The molecule has 0 amide bonds. The molecular formula is C13H17IO2. The number of benzene rings is 1. The number of carbonyl (C=O) groups is 1. The Bertz CT molecular complexity index is 311. The van der Waals surface area contributed by atoms with Crippen LogP contribution in [0.15, 0.2) is 30.3 Å². The van der Waals surface area contributed by atoms with E-state index in [1.54, 1.807) is 0 Å². The summed E-state index contributed by atoms with van der Waals surface area (Å²) in [6.07, 6.45) is 2.88. The van der Waals surface area contributed by atoms with Crippen LogP contribution in [0.1, 0.15) is 25.3 Å². The Morgan fingerprint density at radius 1 is 1.31 bits per heavy atom. The van der Waals surface area contributed by atoms with Crippen molar-refractivity contribution in [3.8, 4) is 0 Å². The molecule has 3 heteroatoms. The Morgan fingerprint density at radius 3 is 2.56 bits per heavy atom. The lowest BCUT2D eigenvalue weighted by Gasteiger charge is -2.15. The average molecular weight is 332 g/mol. The maximum atomic E-state index is 10.9. The summed E-state index contributed by atoms with van der Waals surface area (Å²) in [4.78, 5) is 10.9. The molecule has 0 fully saturated rings. The van der Waals surface area contributed by atoms with Crippen LogP contribution in [0.2, 0.25) is 0 Å². The quantitative estimate of drug-likeness (QED) is 0.454. The zero-order valence-corrected chi connectivity index (χ0v) is 11.6. The molecule has 0 aliphatic heterocycles. The summed E-state index contributed by atoms with van der Waals surface area (Å²) in [7, 11) is 0. The first-order valence-electron chi connectivity index (χ1n) is 5.49. The highest BCUT2D eigenvalue weighted by Gasteiger charge is 2.11. The SMILES string of the molecule is CC(=O)OC(CCI)CCc1ccccc1. The maximum Gasteiger partial charge on any atom is 0.302 e. The number of rotatable bonds is 6. The van der Waals surface area contributed by atoms with Crippen molar-refractivity contribution in [1.82, 2.24) is 0 Å². The first-order chi connectivity index (χ1) is 7.72. The van der Waals surface area contributed by atoms with Crippen molar-refractivity contribution in [2.45, 2.75) is 32.3 Å². The predicted molar refractivity (Wildman–Crippen MR) is 73.8 cm³/mol. The van der Waals surface area contributed by atoms with Gasteiger partial charge in [-0.15, -0.1) is 0 Å². The van der Waals surface area contributed by atoms with Crippen LogP contribution in [0.5, 0.6) is 0 Å². The molecule has 1 rings (SSSR count). The monoisotopic (exact) mass is 332 g/mol. The van der Waals surface area contributed by atoms with Crippen molar-refractivity contribution in [3.05, 3.63) is 35.9 Å². The van der Waals surface area contributed by atoms with Crippen LogP contribution >= 0.6 is 22.6 Å². The summed E-state index contributed by atoms with van der Waals surface area (Å²) < 4.78 is 6.29. The van der Waals surface area contributed by atoms with E-state index < -0.39 is 0 Å². The molecule has 0 aromatic heterocycles. The molecule has 0 bridgehead atoms. The van der Waals surface area contributed by atoms with Crippen LogP contribution in [-0.2, 0) is 16.0 Å². The molecule has 88 valence electrons. The van der Waals surface area contributed by atoms with Gasteiger partial charge in [0.05, 0.1) is 0 Å². The van der Waals surface area contributed by atoms with Gasteiger partial charge in [-0.25, -0.2) is 0 Å². The molecule has 1 atom stereocenters. The molecule has 0 aliphatic carbocycles. The second kappa shape index (κ2) is 7.65. The van der Waals surface area contributed by atoms with E-state index in [4.69, 9.17) is 4.74 Å². The Balaban J connectivity index is 2.40. The largest absolute Gasteiger partial charge is 0.463 e. The Kier molecular flexibility index (Phi) is 6.45. The molecule has 16 heavy (non-hydrogen) atoms. The van der Waals surface area contributed by atoms with Gasteiger partial charge in [-0.1, -0.05) is 52.9 Å². The summed E-state index contributed by atoms with van der Waals surface area (Å²) in [6.45, 7) is 1.47. The molecule has 0 saturated heterocycles. The number of ether oxygens (including phenoxy) is 1. The van der Waals surface area contributed by atoms with Gasteiger partial charge in [0.2, 0.25) is 0 Å². The van der Waals surface area contributed by atoms with E-state index in [0.29, 0.717) is 0 Å². The number of aryl methyl sites for hydroxylation is 1. The second-order valence-electron chi connectivity index (χ2n) is 3.73. The third-order valence-corrected chi connectivity index (χ3v) is 2.98. The third kappa shape index (κ3) is 5.49. The first kappa shape index (κ1) is 13.5. The summed E-state index contributed by atoms with van der Waals surface area (Å²) in [5.74, 6) is -0.178. The zero-order chi connectivity index (χ0) is 11.8. The van der Waals surface area contributed by atoms with Crippen molar-refractivity contribution < 1.29 is 9.53 Å². The number of hydrogen-bond donors (Lipinski definition) is 0. The fourth-order valence-corrected chi connectivity index (χ4v) is 2.29. The first-order valence-corrected chi connectivity index (χ1v) is 7.02. The van der Waals surface area contributed by atoms with Crippen LogP contribution in [0.3, 0.4) is 0 Å². The van der Waals surface area contributed by atoms with Gasteiger partial charge < -0.3 is 4.74 Å². The number of alkyl halides is 1. The van der Waals surface area contributed by atoms with Crippen LogP contribution in [0.25, 0.3) is 0 Å². The van der Waals surface area contributed by atoms with Gasteiger partial charge in [-0.2, -0.15) is 0 Å². The zero-order valence-electron chi connectivity index (χ0n) is 9.49. The maximum absolute atomic E-state index is 10.9. The van der Waals surface area contributed by atoms with E-state index >= 15 is 0 Å². The van der Waals surface area contributed by atoms with Crippen molar-refractivity contribution >= 4 is 28.6 Å². The normalized spacial score (nSPS) is 12.1. The molecule has 0 N–H and O–H groups in total. The summed E-state index contributed by atoms with van der Waals surface area (Å²) in [5, 5.41) is 0. The van der Waals surface area contributed by atoms with E-state index in [9.17, 15) is 4.79 Å². The number of esters is 1. The fraction of sp³-hybridized carbons (Fsp3) is 0.462. The smallest absolute Gasteiger partial charge is 0.302 e. The van der Waals surface area contributed by atoms with Gasteiger partial charge in [0.25, 0.3) is 0 Å². The summed E-state index contributed by atoms with van der Waals surface area (Å²) in [5.41, 5.74) is 1.30. The second-order valence-corrected chi connectivity index (χ2v) is 4.81. The van der Waals surface area contributed by atoms with Crippen LogP contribution < -0.4 is 0 Å². The molecule has 1 aromatic rings. The lowest BCUT2D eigenvalue weighted by atomic mass is 10.1. The topological polar surface area (TPSA) is 26.3 Å². The van der Waals surface area contributed by atoms with E-state index in [1.165, 1.54) is 12.5 Å². The van der Waals surface area contributed by atoms with Crippen LogP contribution in [0, 0.1) is 0 Å².